The van der Waals surface area contributed by atoms with Gasteiger partial charge in [-0.2, -0.15) is 0 Å². The van der Waals surface area contributed by atoms with Crippen molar-refractivity contribution in [3.8, 4) is 0 Å². The van der Waals surface area contributed by atoms with Gasteiger partial charge >= 0.3 is 0 Å². The molecule has 0 N–H and O–H groups in total. The summed E-state index contributed by atoms with van der Waals surface area (Å²) in [4.78, 5) is 8.06. The minimum atomic E-state index is -0.410. The predicted molar refractivity (Wildman–Crippen MR) is 54.5 cm³/mol. The van der Waals surface area contributed by atoms with Gasteiger partial charge in [-0.1, -0.05) is 0 Å². The van der Waals surface area contributed by atoms with Gasteiger partial charge in [-0.3, -0.25) is 9.98 Å². The fraction of sp³-hybridized carbons (Fsp3) is 0.778. The summed E-state index contributed by atoms with van der Waals surface area (Å²) in [6, 6.07) is 0. The van der Waals surface area contributed by atoms with Crippen molar-refractivity contribution in [1.29, 1.82) is 0 Å². The summed E-state index contributed by atoms with van der Waals surface area (Å²) in [5.41, 5.74) is -0.410. The van der Waals surface area contributed by atoms with Crippen LogP contribution in [0.4, 0.5) is 0 Å². The number of rotatable bonds is 2. The molecule has 0 aliphatic rings. The van der Waals surface area contributed by atoms with Crippen LogP contribution in [0.3, 0.4) is 0 Å². The summed E-state index contributed by atoms with van der Waals surface area (Å²) in [7, 11) is 6.55. The van der Waals surface area contributed by atoms with Crippen LogP contribution in [0.25, 0.3) is 0 Å². The number of methoxy groups -OCH3 is 2. The van der Waals surface area contributed by atoms with Crippen LogP contribution in [-0.2, 0) is 9.47 Å². The molecule has 0 amide bonds. The van der Waals surface area contributed by atoms with E-state index in [4.69, 9.17) is 9.47 Å². The zero-order chi connectivity index (χ0) is 10.5. The summed E-state index contributed by atoms with van der Waals surface area (Å²) < 4.78 is 10.3. The number of hydrogen-bond acceptors (Lipinski definition) is 4. The van der Waals surface area contributed by atoms with Crippen LogP contribution in [-0.4, -0.2) is 40.1 Å². The van der Waals surface area contributed by atoms with Crippen molar-refractivity contribution in [2.75, 3.05) is 28.3 Å². The van der Waals surface area contributed by atoms with Crippen molar-refractivity contribution in [3.63, 3.8) is 0 Å². The van der Waals surface area contributed by atoms with Crippen LogP contribution in [0.1, 0.15) is 13.8 Å². The van der Waals surface area contributed by atoms with E-state index in [0.717, 1.165) is 0 Å². The highest BCUT2D eigenvalue weighted by Crippen LogP contribution is 2.21. The molecule has 0 radical (unpaired) electrons. The Morgan fingerprint density at radius 2 is 1.23 bits per heavy atom. The van der Waals surface area contributed by atoms with Gasteiger partial charge in [0.15, 0.2) is 11.8 Å². The zero-order valence-electron chi connectivity index (χ0n) is 9.21. The van der Waals surface area contributed by atoms with Crippen molar-refractivity contribution in [2.24, 2.45) is 15.4 Å². The molecule has 0 spiro atoms. The van der Waals surface area contributed by atoms with Crippen LogP contribution >= 0.6 is 0 Å². The molecule has 0 saturated carbocycles. The molecule has 0 fully saturated rings. The largest absolute Gasteiger partial charge is 0.484 e. The summed E-state index contributed by atoms with van der Waals surface area (Å²) in [5.74, 6) is 1.21. The topological polar surface area (TPSA) is 43.2 Å². The lowest BCUT2D eigenvalue weighted by molar-refractivity contribution is 0.312. The van der Waals surface area contributed by atoms with Crippen molar-refractivity contribution >= 4 is 11.8 Å². The first-order valence-corrected chi connectivity index (χ1v) is 4.07. The van der Waals surface area contributed by atoms with Gasteiger partial charge in [-0.15, -0.1) is 0 Å². The van der Waals surface area contributed by atoms with E-state index in [1.54, 1.807) is 28.3 Å². The predicted octanol–water partition coefficient (Wildman–Crippen LogP) is 1.36. The molecule has 0 aromatic heterocycles. The lowest BCUT2D eigenvalue weighted by Crippen LogP contribution is -2.35. The van der Waals surface area contributed by atoms with Crippen LogP contribution in [0.15, 0.2) is 9.98 Å². The van der Waals surface area contributed by atoms with Gasteiger partial charge in [-0.25, -0.2) is 0 Å². The lowest BCUT2D eigenvalue weighted by atomic mass is 9.92. The van der Waals surface area contributed by atoms with Crippen LogP contribution in [0.5, 0.6) is 0 Å². The first-order chi connectivity index (χ1) is 6.04. The molecular formula is C9H18N2O2. The molecule has 0 bridgehead atoms. The normalized spacial score (nSPS) is 14.3. The fourth-order valence-corrected chi connectivity index (χ4v) is 1.34. The molecule has 0 heterocycles. The Hall–Kier alpha value is -1.06. The molecule has 4 nitrogen and oxygen atoms in total. The third-order valence-electron chi connectivity index (χ3n) is 1.86. The Bertz CT molecular complexity index is 198. The summed E-state index contributed by atoms with van der Waals surface area (Å²) >= 11 is 0. The highest BCUT2D eigenvalue weighted by molar-refractivity contribution is 6.04. The van der Waals surface area contributed by atoms with Gasteiger partial charge < -0.3 is 9.47 Å². The summed E-state index contributed by atoms with van der Waals surface area (Å²) in [5, 5.41) is 0. The average molecular weight is 186 g/mol. The molecule has 0 aliphatic heterocycles. The molecule has 0 rings (SSSR count). The standard InChI is InChI=1S/C9H18N2O2/c1-9(2,7(10-3)12-5)8(11-4)13-6/h1-6H3. The van der Waals surface area contributed by atoms with Crippen molar-refractivity contribution in [3.05, 3.63) is 0 Å². The van der Waals surface area contributed by atoms with Gasteiger partial charge in [0.25, 0.3) is 0 Å². The second-order valence-electron chi connectivity index (χ2n) is 3.09. The minimum Gasteiger partial charge on any atom is -0.484 e. The van der Waals surface area contributed by atoms with Crippen LogP contribution in [0, 0.1) is 5.41 Å². The Balaban J connectivity index is 4.93. The Kier molecular flexibility index (Phi) is 4.45. The average Bonchev–Trinajstić information content (AvgIpc) is 2.07. The Morgan fingerprint density at radius 1 is 0.923 bits per heavy atom. The molecule has 0 aromatic rings. The van der Waals surface area contributed by atoms with E-state index >= 15 is 0 Å². The smallest absolute Gasteiger partial charge is 0.198 e. The SMILES string of the molecule is CN=C(OC)C(C)(C)C(=NC)OC. The Labute approximate surface area is 79.7 Å². The van der Waals surface area contributed by atoms with E-state index < -0.39 is 5.41 Å². The molecule has 76 valence electrons. The third kappa shape index (κ3) is 2.44. The van der Waals surface area contributed by atoms with E-state index in [0.29, 0.717) is 11.8 Å². The summed E-state index contributed by atoms with van der Waals surface area (Å²) in [6.45, 7) is 3.90. The monoisotopic (exact) mass is 186 g/mol. The van der Waals surface area contributed by atoms with E-state index in [-0.39, 0.29) is 0 Å². The van der Waals surface area contributed by atoms with Crippen molar-refractivity contribution < 1.29 is 9.47 Å². The first-order valence-electron chi connectivity index (χ1n) is 4.07. The molecular weight excluding hydrogens is 168 g/mol. The number of hydrogen-bond donors (Lipinski definition) is 0. The molecule has 0 aliphatic carbocycles. The van der Waals surface area contributed by atoms with Crippen molar-refractivity contribution in [1.82, 2.24) is 0 Å². The first kappa shape index (κ1) is 11.9. The van der Waals surface area contributed by atoms with Gasteiger partial charge in [0.05, 0.1) is 14.2 Å². The molecule has 13 heavy (non-hydrogen) atoms. The van der Waals surface area contributed by atoms with E-state index in [1.807, 2.05) is 13.8 Å². The van der Waals surface area contributed by atoms with E-state index in [2.05, 4.69) is 9.98 Å². The minimum absolute atomic E-state index is 0.410. The van der Waals surface area contributed by atoms with E-state index in [1.165, 1.54) is 0 Å². The third-order valence-corrected chi connectivity index (χ3v) is 1.86. The van der Waals surface area contributed by atoms with Gasteiger partial charge in [0.2, 0.25) is 0 Å². The lowest BCUT2D eigenvalue weighted by Gasteiger charge is -2.25. The van der Waals surface area contributed by atoms with Crippen molar-refractivity contribution in [2.45, 2.75) is 13.8 Å². The maximum atomic E-state index is 5.14. The number of aliphatic imine (C=N–C) groups is 2. The zero-order valence-corrected chi connectivity index (χ0v) is 9.21. The number of ether oxygens (including phenoxy) is 2. The molecule has 0 aromatic carbocycles. The van der Waals surface area contributed by atoms with Gasteiger partial charge in [-0.05, 0) is 13.8 Å². The van der Waals surface area contributed by atoms with Gasteiger partial charge in [0, 0.05) is 14.1 Å². The number of nitrogens with zero attached hydrogens (tertiary/aromatic N) is 2. The molecule has 4 heteroatoms. The second kappa shape index (κ2) is 4.84. The van der Waals surface area contributed by atoms with E-state index in [9.17, 15) is 0 Å². The van der Waals surface area contributed by atoms with Crippen LogP contribution in [0.2, 0.25) is 0 Å². The van der Waals surface area contributed by atoms with Gasteiger partial charge in [0.1, 0.15) is 5.41 Å². The fourth-order valence-electron chi connectivity index (χ4n) is 1.34. The maximum Gasteiger partial charge on any atom is 0.198 e. The van der Waals surface area contributed by atoms with Crippen LogP contribution < -0.4 is 0 Å². The quantitative estimate of drug-likeness (QED) is 0.483. The highest BCUT2D eigenvalue weighted by Gasteiger charge is 2.33. The molecule has 0 saturated heterocycles. The molecule has 0 unspecified atom stereocenters. The molecule has 0 atom stereocenters. The summed E-state index contributed by atoms with van der Waals surface area (Å²) in [6.07, 6.45) is 0. The maximum absolute atomic E-state index is 5.14. The Morgan fingerprint density at radius 3 is 1.38 bits per heavy atom. The highest BCUT2D eigenvalue weighted by atomic mass is 16.5. The second-order valence-corrected chi connectivity index (χ2v) is 3.09.